The minimum atomic E-state index is -6.09. The van der Waals surface area contributed by atoms with Gasteiger partial charge >= 0.3 is 5.69 Å². The predicted octanol–water partition coefficient (Wildman–Crippen LogP) is -2.98. The third-order valence-electron chi connectivity index (χ3n) is 3.26. The van der Waals surface area contributed by atoms with Crippen molar-refractivity contribution in [2.45, 2.75) is 24.5 Å². The van der Waals surface area contributed by atoms with Crippen LogP contribution in [0.15, 0.2) is 17.1 Å². The van der Waals surface area contributed by atoms with Crippen molar-refractivity contribution < 1.29 is 61.4 Å². The Morgan fingerprint density at radius 3 is 2.19 bits per heavy atom. The van der Waals surface area contributed by atoms with Crippen LogP contribution in [0.1, 0.15) is 6.23 Å². The molecule has 1 saturated heterocycles. The van der Waals surface area contributed by atoms with Crippen LogP contribution in [-0.4, -0.2) is 49.6 Å². The van der Waals surface area contributed by atoms with E-state index in [0.717, 1.165) is 10.8 Å². The summed E-state index contributed by atoms with van der Waals surface area (Å²) in [6.45, 7) is -1.12. The molecule has 1 fully saturated rings. The summed E-state index contributed by atoms with van der Waals surface area (Å²) in [6.07, 6.45) is -5.62. The van der Waals surface area contributed by atoms with Crippen LogP contribution in [0.4, 0.5) is 5.82 Å². The Kier molecular flexibility index (Phi) is 12.2. The zero-order valence-electron chi connectivity index (χ0n) is 16.8. The van der Waals surface area contributed by atoms with Gasteiger partial charge < -0.3 is 63.2 Å². The van der Waals surface area contributed by atoms with Gasteiger partial charge in [0.15, 0.2) is 6.23 Å². The van der Waals surface area contributed by atoms with Gasteiger partial charge in [0, 0.05) is 6.20 Å². The number of aromatic nitrogens is 2. The van der Waals surface area contributed by atoms with Gasteiger partial charge in [-0.05, 0) is 6.07 Å². The smallest absolute Gasteiger partial charge is 0.351 e. The zero-order valence-corrected chi connectivity index (χ0v) is 19.5. The van der Waals surface area contributed by atoms with Crippen LogP contribution < -0.4 is 44.6 Å². The van der Waals surface area contributed by atoms with Crippen molar-refractivity contribution in [3.8, 4) is 0 Å². The molecule has 7 atom stereocenters. The molecule has 190 valence electrons. The number of nitrogen functional groups attached to an aromatic ring is 1. The van der Waals surface area contributed by atoms with Gasteiger partial charge in [-0.3, -0.25) is 18.3 Å². The van der Waals surface area contributed by atoms with Crippen LogP contribution in [0.3, 0.4) is 0 Å². The highest BCUT2D eigenvalue weighted by Crippen LogP contribution is 2.61. The molecule has 0 aliphatic carbocycles. The summed E-state index contributed by atoms with van der Waals surface area (Å²) in [5.41, 5.74) is 4.35. The molecule has 0 amide bonds. The van der Waals surface area contributed by atoms with E-state index in [4.69, 9.17) is 15.4 Å². The van der Waals surface area contributed by atoms with Gasteiger partial charge in [-0.2, -0.15) is 4.98 Å². The lowest BCUT2D eigenvalue weighted by molar-refractivity contribution is -0.250. The number of rotatable bonds is 8. The molecule has 32 heavy (non-hydrogen) atoms. The monoisotopic (exact) mass is 536 g/mol. The van der Waals surface area contributed by atoms with Gasteiger partial charge in [-0.1, -0.05) is 0 Å². The second-order valence-electron chi connectivity index (χ2n) is 5.41. The Labute approximate surface area is 179 Å². The number of ether oxygens (including phenoxy) is 1. The maximum absolute atomic E-state index is 11.8. The van der Waals surface area contributed by atoms with Crippen LogP contribution in [0.25, 0.3) is 0 Å². The highest BCUT2D eigenvalue weighted by atomic mass is 31.3. The first-order chi connectivity index (χ1) is 13.1. The lowest BCUT2D eigenvalue weighted by atomic mass is 10.1. The highest BCUT2D eigenvalue weighted by molar-refractivity contribution is 7.65. The van der Waals surface area contributed by atoms with Crippen LogP contribution >= 0.6 is 23.5 Å². The third-order valence-corrected chi connectivity index (χ3v) is 6.95. The number of nitrogens with zero attached hydrogens (tertiary/aromatic N) is 2. The van der Waals surface area contributed by atoms with E-state index in [1.54, 1.807) is 0 Å². The average molecular weight is 536 g/mol. The Balaban J connectivity index is 0. The minimum Gasteiger partial charge on any atom is -0.756 e. The van der Waals surface area contributed by atoms with Crippen molar-refractivity contribution in [2.24, 2.45) is 0 Å². The minimum absolute atomic E-state index is 0. The number of hydrogen-bond donors (Lipinski definition) is 7. The lowest BCUT2D eigenvalue weighted by Crippen LogP contribution is -2.36. The van der Waals surface area contributed by atoms with Crippen molar-refractivity contribution in [2.75, 3.05) is 12.3 Å². The summed E-state index contributed by atoms with van der Waals surface area (Å²) in [5, 5.41) is 19.9. The Bertz CT molecular complexity index is 954. The molecule has 3 unspecified atom stereocenters. The van der Waals surface area contributed by atoms with Crippen molar-refractivity contribution in [3.05, 3.63) is 22.7 Å². The maximum Gasteiger partial charge on any atom is 0.351 e. The molecule has 1 aromatic rings. The molecule has 1 aromatic heterocycles. The van der Waals surface area contributed by atoms with Crippen LogP contribution in [0.5, 0.6) is 0 Å². The van der Waals surface area contributed by atoms with E-state index in [1.165, 1.54) is 6.07 Å². The molecule has 2 rings (SSSR count). The van der Waals surface area contributed by atoms with E-state index in [1.807, 2.05) is 0 Å². The molecule has 0 aromatic carbocycles. The van der Waals surface area contributed by atoms with Crippen LogP contribution in [0.2, 0.25) is 0 Å². The topological polar surface area (TPSA) is 388 Å². The summed E-state index contributed by atoms with van der Waals surface area (Å²) in [7, 11) is -17.8. The summed E-state index contributed by atoms with van der Waals surface area (Å²) in [6, 6.07) is 1.18. The van der Waals surface area contributed by atoms with E-state index in [0.29, 0.717) is 0 Å². The van der Waals surface area contributed by atoms with Gasteiger partial charge in [0.25, 0.3) is 23.5 Å². The van der Waals surface area contributed by atoms with Gasteiger partial charge in [-0.25, -0.2) is 13.4 Å². The quantitative estimate of drug-likeness (QED) is 0.163. The molecule has 0 radical (unpaired) electrons. The summed E-state index contributed by atoms with van der Waals surface area (Å²) in [4.78, 5) is 56.4. The van der Waals surface area contributed by atoms with Gasteiger partial charge in [0.1, 0.15) is 24.1 Å². The molecule has 0 bridgehead atoms. The van der Waals surface area contributed by atoms with E-state index < -0.39 is 60.3 Å². The molecule has 2 heterocycles. The van der Waals surface area contributed by atoms with Crippen molar-refractivity contribution >= 4 is 29.3 Å². The van der Waals surface area contributed by atoms with E-state index in [9.17, 15) is 43.4 Å². The second-order valence-corrected chi connectivity index (χ2v) is 9.70. The SMILES string of the molecule is Nc1ccn([C@@H]2O[C@H](COP(=O)([O-])OP(=O)([O-])OP(=O)([O-])O)[C@@H](O)[C@H]2O)[14c](=O)n1.[NH4+].[NH4+].[NH4+]. The number of quaternary nitrogens is 3. The first-order valence-corrected chi connectivity index (χ1v) is 11.6. The predicted molar refractivity (Wildman–Crippen MR) is 99.9 cm³/mol. The first-order valence-electron chi connectivity index (χ1n) is 7.20. The number of aliphatic hydroxyl groups is 2. The fourth-order valence-corrected chi connectivity index (χ4v) is 5.06. The number of phosphoric ester groups is 1. The van der Waals surface area contributed by atoms with Gasteiger partial charge in [0.05, 0.1) is 6.61 Å². The summed E-state index contributed by atoms with van der Waals surface area (Å²) < 4.78 is 49.5. The van der Waals surface area contributed by atoms with Gasteiger partial charge in [0.2, 0.25) is 0 Å². The number of nitrogens with two attached hydrogens (primary N) is 1. The second kappa shape index (κ2) is 11.8. The molecule has 23 heteroatoms. The summed E-state index contributed by atoms with van der Waals surface area (Å²) in [5.74, 6) is -0.140. The summed E-state index contributed by atoms with van der Waals surface area (Å²) >= 11 is 0. The molecule has 0 spiro atoms. The number of hydrogen-bond acceptors (Lipinski definition) is 15. The Morgan fingerprint density at radius 2 is 1.69 bits per heavy atom. The van der Waals surface area contributed by atoms with E-state index >= 15 is 0 Å². The van der Waals surface area contributed by atoms with Crippen molar-refractivity contribution in [1.82, 2.24) is 28.0 Å². The number of phosphoric acid groups is 3. The lowest BCUT2D eigenvalue weighted by Gasteiger charge is -2.33. The molecule has 20 nitrogen and oxygen atoms in total. The van der Waals surface area contributed by atoms with E-state index in [-0.39, 0.29) is 24.3 Å². The standard InChI is InChI=1S/C9H16N3O14P3.3H3N/c10-5-1-2-12(9(15)11-5)8-7(14)6(13)4(24-8)3-23-28(19,20)26-29(21,22)25-27(16,17)18;;;/h1-2,4,6-8,13-14H,3H2,(H,19,20)(H,21,22)(H2,10,11,15)(H2,16,17,18);3*1H3/t4-,6-,7-,8-;;;/m1.../s1/i9+2;;;. The molecule has 1 aliphatic rings. The number of anilines is 1. The van der Waals surface area contributed by atoms with Crippen LogP contribution in [0, 0.1) is 0 Å². The van der Waals surface area contributed by atoms with Crippen LogP contribution in [-0.2, 0) is 31.6 Å². The molecular weight excluding hydrogens is 511 g/mol. The Hall–Kier alpha value is -1.15. The van der Waals surface area contributed by atoms with Gasteiger partial charge in [-0.15, -0.1) is 0 Å². The molecule has 1 aliphatic heterocycles. The maximum atomic E-state index is 11.8. The largest absolute Gasteiger partial charge is 0.756 e. The third kappa shape index (κ3) is 9.00. The zero-order chi connectivity index (χ0) is 22.2. The fourth-order valence-electron chi connectivity index (χ4n) is 2.17. The first kappa shape index (κ1) is 33.0. The molecular formula is C9H25N6O14P3. The van der Waals surface area contributed by atoms with Crippen molar-refractivity contribution in [1.29, 1.82) is 0 Å². The highest BCUT2D eigenvalue weighted by Gasteiger charge is 2.44. The molecule has 0 saturated carbocycles. The van der Waals surface area contributed by atoms with E-state index in [2.05, 4.69) is 18.1 Å². The Morgan fingerprint density at radius 1 is 1.12 bits per heavy atom. The fraction of sp³-hybridized carbons (Fsp3) is 0.556. The average Bonchev–Trinajstić information content (AvgIpc) is 2.78. The molecule has 17 N–H and O–H groups in total. The number of aliphatic hydroxyl groups excluding tert-OH is 2. The van der Waals surface area contributed by atoms with Crippen molar-refractivity contribution in [3.63, 3.8) is 0 Å². The normalized spacial score (nSPS) is 28.1.